The average Bonchev–Trinajstić information content (AvgIpc) is 2.85. The van der Waals surface area contributed by atoms with Crippen LogP contribution in [0.2, 0.25) is 0 Å². The maximum absolute atomic E-state index is 12.8. The van der Waals surface area contributed by atoms with Gasteiger partial charge < -0.3 is 14.8 Å². The lowest BCUT2D eigenvalue weighted by molar-refractivity contribution is 0.0973. The van der Waals surface area contributed by atoms with Crippen molar-refractivity contribution in [3.05, 3.63) is 72.3 Å². The number of rotatable bonds is 10. The van der Waals surface area contributed by atoms with Gasteiger partial charge in [0.25, 0.3) is 15.9 Å². The number of nitrogens with one attached hydrogen (secondary N) is 3. The third-order valence-electron chi connectivity index (χ3n) is 5.19. The summed E-state index contributed by atoms with van der Waals surface area (Å²) in [4.78, 5) is 12.9. The van der Waals surface area contributed by atoms with Crippen molar-refractivity contribution >= 4 is 57.9 Å². The summed E-state index contributed by atoms with van der Waals surface area (Å²) in [6.45, 7) is 4.64. The minimum Gasteiger partial charge on any atom is -0.497 e. The Balaban J connectivity index is 1.62. The SMILES string of the molecule is [B]c1ccc(OCCC(C)C)c(C(=O)NC(=S)Nc2ccc(S(=O)(=O)Nc3ccc(OC)cc3)cc2)c1. The zero-order chi connectivity index (χ0) is 27.0. The molecule has 0 atom stereocenters. The topological polar surface area (TPSA) is 106 Å². The van der Waals surface area contributed by atoms with E-state index in [2.05, 4.69) is 29.2 Å². The first kappa shape index (κ1) is 28.0. The predicted molar refractivity (Wildman–Crippen MR) is 151 cm³/mol. The van der Waals surface area contributed by atoms with Crippen LogP contribution < -0.4 is 30.3 Å². The van der Waals surface area contributed by atoms with E-state index < -0.39 is 15.9 Å². The average molecular weight is 537 g/mol. The quantitative estimate of drug-likeness (QED) is 0.267. The van der Waals surface area contributed by atoms with Crippen LogP contribution in [-0.2, 0) is 10.0 Å². The molecule has 0 saturated carbocycles. The zero-order valence-corrected chi connectivity index (χ0v) is 22.4. The summed E-state index contributed by atoms with van der Waals surface area (Å²) in [5, 5.41) is 5.51. The minimum absolute atomic E-state index is 0.0347. The number of anilines is 2. The van der Waals surface area contributed by atoms with Gasteiger partial charge in [0.15, 0.2) is 5.11 Å². The molecule has 3 rings (SSSR count). The lowest BCUT2D eigenvalue weighted by atomic mass is 9.94. The summed E-state index contributed by atoms with van der Waals surface area (Å²) in [7, 11) is 3.59. The summed E-state index contributed by atoms with van der Waals surface area (Å²) in [5.41, 5.74) is 1.58. The molecule has 2 radical (unpaired) electrons. The molecule has 1 amide bonds. The number of ether oxygens (including phenoxy) is 2. The first-order valence-corrected chi connectivity index (χ1v) is 13.4. The van der Waals surface area contributed by atoms with Crippen molar-refractivity contribution in [1.82, 2.24) is 5.32 Å². The highest BCUT2D eigenvalue weighted by Gasteiger charge is 2.16. The normalized spacial score (nSPS) is 11.0. The summed E-state index contributed by atoms with van der Waals surface area (Å²) in [6, 6.07) is 17.3. The second-order valence-electron chi connectivity index (χ2n) is 8.55. The van der Waals surface area contributed by atoms with Crippen LogP contribution in [0.4, 0.5) is 11.4 Å². The van der Waals surface area contributed by atoms with E-state index in [1.807, 2.05) is 0 Å². The maximum atomic E-state index is 12.8. The standard InChI is InChI=1S/C26H28BN3O5S2/c1-17(2)14-15-35-24-13-4-18(27)16-23(24)25(31)29-26(36)28-19-7-11-22(12-8-19)37(32,33)30-20-5-9-21(34-3)10-6-20/h4-13,16-17,30H,14-15H2,1-3H3,(H2,28,29,31,36). The van der Waals surface area contributed by atoms with Crippen LogP contribution >= 0.6 is 12.2 Å². The Hall–Kier alpha value is -3.57. The zero-order valence-electron chi connectivity index (χ0n) is 20.8. The molecule has 3 aromatic carbocycles. The van der Waals surface area contributed by atoms with Gasteiger partial charge in [0.1, 0.15) is 19.3 Å². The molecule has 192 valence electrons. The third-order valence-corrected chi connectivity index (χ3v) is 6.79. The van der Waals surface area contributed by atoms with Crippen LogP contribution in [0.15, 0.2) is 71.6 Å². The molecule has 0 aliphatic carbocycles. The molecule has 11 heteroatoms. The smallest absolute Gasteiger partial charge is 0.261 e. The van der Waals surface area contributed by atoms with Crippen LogP contribution in [0.25, 0.3) is 0 Å². The molecule has 0 aliphatic rings. The Morgan fingerprint density at radius 3 is 2.27 bits per heavy atom. The molecule has 0 aromatic heterocycles. The van der Waals surface area contributed by atoms with Crippen LogP contribution in [0.5, 0.6) is 11.5 Å². The minimum atomic E-state index is -3.80. The van der Waals surface area contributed by atoms with E-state index >= 15 is 0 Å². The molecule has 0 spiro atoms. The Kier molecular flexibility index (Phi) is 9.54. The number of hydrogen-bond acceptors (Lipinski definition) is 6. The highest BCUT2D eigenvalue weighted by Crippen LogP contribution is 2.21. The molecule has 3 aromatic rings. The predicted octanol–water partition coefficient (Wildman–Crippen LogP) is 3.84. The molecule has 37 heavy (non-hydrogen) atoms. The van der Waals surface area contributed by atoms with E-state index in [0.717, 1.165) is 6.42 Å². The fourth-order valence-electron chi connectivity index (χ4n) is 3.18. The third kappa shape index (κ3) is 8.23. The van der Waals surface area contributed by atoms with Gasteiger partial charge in [0.05, 0.1) is 24.2 Å². The lowest BCUT2D eigenvalue weighted by Crippen LogP contribution is -2.34. The van der Waals surface area contributed by atoms with Gasteiger partial charge in [-0.15, -0.1) is 0 Å². The van der Waals surface area contributed by atoms with Crippen LogP contribution in [0.3, 0.4) is 0 Å². The summed E-state index contributed by atoms with van der Waals surface area (Å²) < 4.78 is 38.8. The van der Waals surface area contributed by atoms with Crippen molar-refractivity contribution in [2.24, 2.45) is 5.92 Å². The molecule has 0 heterocycles. The van der Waals surface area contributed by atoms with Crippen molar-refractivity contribution in [3.8, 4) is 11.5 Å². The van der Waals surface area contributed by atoms with E-state index in [9.17, 15) is 13.2 Å². The number of benzene rings is 3. The Morgan fingerprint density at radius 1 is 1.00 bits per heavy atom. The molecule has 0 saturated heterocycles. The van der Waals surface area contributed by atoms with Gasteiger partial charge in [0, 0.05) is 11.4 Å². The monoisotopic (exact) mass is 537 g/mol. The van der Waals surface area contributed by atoms with Gasteiger partial charge in [-0.05, 0) is 79.2 Å². The van der Waals surface area contributed by atoms with E-state index in [1.54, 1.807) is 48.5 Å². The maximum Gasteiger partial charge on any atom is 0.261 e. The molecule has 3 N–H and O–H groups in total. The number of amides is 1. The summed E-state index contributed by atoms with van der Waals surface area (Å²) in [6.07, 6.45) is 0.840. The van der Waals surface area contributed by atoms with E-state index in [1.165, 1.54) is 25.3 Å². The second-order valence-corrected chi connectivity index (χ2v) is 10.6. The number of carbonyl (C=O) groups is 1. The number of sulfonamides is 1. The summed E-state index contributed by atoms with van der Waals surface area (Å²) in [5.74, 6) is 1.01. The van der Waals surface area contributed by atoms with E-state index in [0.29, 0.717) is 40.9 Å². The van der Waals surface area contributed by atoms with Crippen molar-refractivity contribution in [2.45, 2.75) is 25.2 Å². The van der Waals surface area contributed by atoms with Gasteiger partial charge >= 0.3 is 0 Å². The Labute approximate surface area is 224 Å². The highest BCUT2D eigenvalue weighted by atomic mass is 32.2. The van der Waals surface area contributed by atoms with Crippen LogP contribution in [-0.4, -0.2) is 41.0 Å². The van der Waals surface area contributed by atoms with E-state index in [-0.39, 0.29) is 15.6 Å². The van der Waals surface area contributed by atoms with Gasteiger partial charge in [0.2, 0.25) is 0 Å². The number of carbonyl (C=O) groups excluding carboxylic acids is 1. The molecular formula is C26H28BN3O5S2. The van der Waals surface area contributed by atoms with Crippen LogP contribution in [0.1, 0.15) is 30.6 Å². The van der Waals surface area contributed by atoms with Gasteiger partial charge in [-0.25, -0.2) is 8.42 Å². The fraction of sp³-hybridized carbons (Fsp3) is 0.231. The molecule has 0 fully saturated rings. The number of thiocarbonyl (C=S) groups is 1. The Bertz CT molecular complexity index is 1350. The molecule has 8 nitrogen and oxygen atoms in total. The van der Waals surface area contributed by atoms with Gasteiger partial charge in [-0.2, -0.15) is 0 Å². The van der Waals surface area contributed by atoms with Gasteiger partial charge in [-0.3, -0.25) is 14.8 Å². The number of methoxy groups -OCH3 is 1. The molecule has 0 aliphatic heterocycles. The van der Waals surface area contributed by atoms with Crippen molar-refractivity contribution in [2.75, 3.05) is 23.8 Å². The summed E-state index contributed by atoms with van der Waals surface area (Å²) >= 11 is 5.27. The fourth-order valence-corrected chi connectivity index (χ4v) is 4.45. The second kappa shape index (κ2) is 12.6. The van der Waals surface area contributed by atoms with Crippen molar-refractivity contribution in [1.29, 1.82) is 0 Å². The Morgan fingerprint density at radius 2 is 1.65 bits per heavy atom. The number of hydrogen-bond donors (Lipinski definition) is 3. The van der Waals surface area contributed by atoms with Crippen LogP contribution in [0, 0.1) is 5.92 Å². The van der Waals surface area contributed by atoms with Gasteiger partial charge in [-0.1, -0.05) is 31.4 Å². The lowest BCUT2D eigenvalue weighted by Gasteiger charge is -2.15. The van der Waals surface area contributed by atoms with E-state index in [4.69, 9.17) is 29.5 Å². The largest absolute Gasteiger partial charge is 0.497 e. The molecule has 0 unspecified atom stereocenters. The molecular weight excluding hydrogens is 509 g/mol. The molecule has 0 bridgehead atoms. The van der Waals surface area contributed by atoms with Crippen molar-refractivity contribution < 1.29 is 22.7 Å². The van der Waals surface area contributed by atoms with Crippen molar-refractivity contribution in [3.63, 3.8) is 0 Å². The first-order chi connectivity index (χ1) is 17.6. The first-order valence-electron chi connectivity index (χ1n) is 11.5. The highest BCUT2D eigenvalue weighted by molar-refractivity contribution is 7.92.